The van der Waals surface area contributed by atoms with Gasteiger partial charge in [0.25, 0.3) is 0 Å². The van der Waals surface area contributed by atoms with Gasteiger partial charge in [-0.1, -0.05) is 50.2 Å². The second-order valence-electron chi connectivity index (χ2n) is 12.4. The van der Waals surface area contributed by atoms with Crippen LogP contribution < -0.4 is 10.9 Å². The maximum absolute atomic E-state index is 6.33. The van der Waals surface area contributed by atoms with E-state index in [0.717, 1.165) is 10.9 Å². The van der Waals surface area contributed by atoms with Crippen molar-refractivity contribution in [1.29, 1.82) is 0 Å². The molecule has 0 amide bonds. The summed E-state index contributed by atoms with van der Waals surface area (Å²) in [6.45, 7) is 21.3. The van der Waals surface area contributed by atoms with Gasteiger partial charge in [-0.2, -0.15) is 0 Å². The van der Waals surface area contributed by atoms with Crippen molar-refractivity contribution in [2.24, 2.45) is 0 Å². The Hall–Kier alpha value is -1.59. The Morgan fingerprint density at radius 1 is 0.485 bits per heavy atom. The molecule has 0 saturated carbocycles. The Morgan fingerprint density at radius 3 is 1.09 bits per heavy atom. The molecule has 2 saturated heterocycles. The molecule has 1 aliphatic carbocycles. The number of hydrogen-bond donors (Lipinski definition) is 0. The van der Waals surface area contributed by atoms with Crippen molar-refractivity contribution in [3.63, 3.8) is 0 Å². The molecule has 2 aromatic carbocycles. The van der Waals surface area contributed by atoms with Crippen molar-refractivity contribution in [3.8, 4) is 11.1 Å². The summed E-state index contributed by atoms with van der Waals surface area (Å²) in [6, 6.07) is 13.3. The zero-order valence-electron chi connectivity index (χ0n) is 21.8. The molecule has 5 rings (SSSR count). The lowest BCUT2D eigenvalue weighted by Gasteiger charge is -2.32. The van der Waals surface area contributed by atoms with Crippen molar-refractivity contribution in [1.82, 2.24) is 0 Å². The molecule has 0 unspecified atom stereocenters. The fourth-order valence-corrected chi connectivity index (χ4v) is 5.02. The van der Waals surface area contributed by atoms with E-state index in [9.17, 15) is 0 Å². The second-order valence-corrected chi connectivity index (χ2v) is 12.4. The number of rotatable bonds is 2. The van der Waals surface area contributed by atoms with E-state index in [1.165, 1.54) is 22.3 Å². The SMILES string of the molecule is CC1(C)c2cc(B3OC(C)(C)C(C)(C)O3)ccc2-c2ccc(B3OC(C)(C)C(C)(C)O3)cc21. The zero-order chi connectivity index (χ0) is 24.2. The van der Waals surface area contributed by atoms with E-state index in [-0.39, 0.29) is 42.1 Å². The monoisotopic (exact) mass is 446 g/mol. The van der Waals surface area contributed by atoms with Gasteiger partial charge >= 0.3 is 14.2 Å². The first-order chi connectivity index (χ1) is 15.1. The molecular weight excluding hydrogens is 410 g/mol. The Balaban J connectivity index is 1.50. The molecule has 33 heavy (non-hydrogen) atoms. The molecule has 0 aromatic heterocycles. The molecule has 0 bridgehead atoms. The standard InChI is InChI=1S/C27H36B2O4/c1-23(2)21-15-17(28-30-24(3,4)25(5,6)31-28)11-13-19(21)20-14-12-18(16-22(20)23)29-32-26(7,8)27(9,10)33-29/h11-16H,1-10H3. The Morgan fingerprint density at radius 2 is 0.788 bits per heavy atom. The quantitative estimate of drug-likeness (QED) is 0.633. The second kappa shape index (κ2) is 6.75. The van der Waals surface area contributed by atoms with Gasteiger partial charge in [-0.05, 0) is 88.6 Å². The van der Waals surface area contributed by atoms with Gasteiger partial charge < -0.3 is 18.6 Å². The molecule has 2 aromatic rings. The van der Waals surface area contributed by atoms with Crippen LogP contribution in [0.15, 0.2) is 36.4 Å². The normalized spacial score (nSPS) is 25.3. The third-order valence-electron chi connectivity index (χ3n) is 8.77. The molecular formula is C27H36B2O4. The van der Waals surface area contributed by atoms with Crippen molar-refractivity contribution in [3.05, 3.63) is 47.5 Å². The molecule has 2 aliphatic heterocycles. The van der Waals surface area contributed by atoms with E-state index < -0.39 is 0 Å². The van der Waals surface area contributed by atoms with E-state index in [1.54, 1.807) is 0 Å². The molecule has 4 nitrogen and oxygen atoms in total. The van der Waals surface area contributed by atoms with Gasteiger partial charge in [0.15, 0.2) is 0 Å². The summed E-state index contributed by atoms with van der Waals surface area (Å²) in [6.07, 6.45) is 0. The van der Waals surface area contributed by atoms with Crippen LogP contribution >= 0.6 is 0 Å². The lowest BCUT2D eigenvalue weighted by Crippen LogP contribution is -2.41. The van der Waals surface area contributed by atoms with Gasteiger partial charge in [0, 0.05) is 5.41 Å². The third-order valence-corrected chi connectivity index (χ3v) is 8.77. The summed E-state index contributed by atoms with van der Waals surface area (Å²) >= 11 is 0. The van der Waals surface area contributed by atoms with Gasteiger partial charge in [-0.25, -0.2) is 0 Å². The maximum Gasteiger partial charge on any atom is 0.494 e. The lowest BCUT2D eigenvalue weighted by molar-refractivity contribution is 0.00578. The lowest BCUT2D eigenvalue weighted by atomic mass is 9.73. The van der Waals surface area contributed by atoms with E-state index in [1.807, 2.05) is 0 Å². The molecule has 2 heterocycles. The molecule has 0 radical (unpaired) electrons. The minimum absolute atomic E-state index is 0.149. The summed E-state index contributed by atoms with van der Waals surface area (Å²) in [5.41, 5.74) is 5.72. The van der Waals surface area contributed by atoms with E-state index in [0.29, 0.717) is 0 Å². The van der Waals surface area contributed by atoms with Crippen LogP contribution in [0.4, 0.5) is 0 Å². The molecule has 174 valence electrons. The number of benzene rings is 2. The van der Waals surface area contributed by atoms with Gasteiger partial charge in [-0.15, -0.1) is 0 Å². The van der Waals surface area contributed by atoms with Gasteiger partial charge in [0.05, 0.1) is 22.4 Å². The van der Waals surface area contributed by atoms with Crippen molar-refractivity contribution < 1.29 is 18.6 Å². The van der Waals surface area contributed by atoms with Crippen molar-refractivity contribution >= 4 is 25.2 Å². The summed E-state index contributed by atoms with van der Waals surface area (Å²) in [5, 5.41) is 0. The Bertz CT molecular complexity index is 1010. The highest BCUT2D eigenvalue weighted by atomic mass is 16.7. The first kappa shape index (κ1) is 23.2. The molecule has 0 atom stereocenters. The highest BCUT2D eigenvalue weighted by Gasteiger charge is 2.53. The molecule has 2 fully saturated rings. The summed E-state index contributed by atoms with van der Waals surface area (Å²) < 4.78 is 25.3. The third kappa shape index (κ3) is 3.29. The largest absolute Gasteiger partial charge is 0.494 e. The molecule has 3 aliphatic rings. The van der Waals surface area contributed by atoms with Gasteiger partial charge in [0.1, 0.15) is 0 Å². The van der Waals surface area contributed by atoms with E-state index >= 15 is 0 Å². The zero-order valence-corrected chi connectivity index (χ0v) is 21.8. The van der Waals surface area contributed by atoms with E-state index in [4.69, 9.17) is 18.6 Å². The topological polar surface area (TPSA) is 36.9 Å². The summed E-state index contributed by atoms with van der Waals surface area (Å²) in [5.74, 6) is 0. The predicted octanol–water partition coefficient (Wildman–Crippen LogP) is 4.59. The van der Waals surface area contributed by atoms with Crippen LogP contribution in [0.5, 0.6) is 0 Å². The minimum atomic E-state index is -0.361. The van der Waals surface area contributed by atoms with Crippen LogP contribution in [0.1, 0.15) is 80.4 Å². The van der Waals surface area contributed by atoms with Crippen LogP contribution in [0.3, 0.4) is 0 Å². The Kier molecular flexibility index (Phi) is 4.74. The van der Waals surface area contributed by atoms with Gasteiger partial charge in [0.2, 0.25) is 0 Å². The van der Waals surface area contributed by atoms with E-state index in [2.05, 4.69) is 106 Å². The highest BCUT2D eigenvalue weighted by Crippen LogP contribution is 2.48. The van der Waals surface area contributed by atoms with Crippen molar-refractivity contribution in [2.75, 3.05) is 0 Å². The Labute approximate surface area is 199 Å². The smallest absolute Gasteiger partial charge is 0.399 e. The molecule has 6 heteroatoms. The summed E-state index contributed by atoms with van der Waals surface area (Å²) in [7, 11) is -0.722. The predicted molar refractivity (Wildman–Crippen MR) is 135 cm³/mol. The average molecular weight is 446 g/mol. The first-order valence-corrected chi connectivity index (χ1v) is 12.1. The number of hydrogen-bond acceptors (Lipinski definition) is 4. The van der Waals surface area contributed by atoms with Crippen LogP contribution in [-0.2, 0) is 24.0 Å². The van der Waals surface area contributed by atoms with Crippen LogP contribution in [0, 0.1) is 0 Å². The first-order valence-electron chi connectivity index (χ1n) is 12.1. The minimum Gasteiger partial charge on any atom is -0.399 e. The van der Waals surface area contributed by atoms with Crippen LogP contribution in [-0.4, -0.2) is 36.6 Å². The maximum atomic E-state index is 6.33. The fraction of sp³-hybridized carbons (Fsp3) is 0.556. The van der Waals surface area contributed by atoms with Crippen LogP contribution in [0.2, 0.25) is 0 Å². The van der Waals surface area contributed by atoms with Crippen LogP contribution in [0.25, 0.3) is 11.1 Å². The molecule has 0 N–H and O–H groups in total. The molecule has 0 spiro atoms. The summed E-state index contributed by atoms with van der Waals surface area (Å²) in [4.78, 5) is 0. The van der Waals surface area contributed by atoms with Crippen molar-refractivity contribution in [2.45, 2.75) is 97.1 Å². The average Bonchev–Trinajstić information content (AvgIpc) is 3.16. The number of fused-ring (bicyclic) bond motifs is 3. The highest BCUT2D eigenvalue weighted by molar-refractivity contribution is 6.62. The fourth-order valence-electron chi connectivity index (χ4n) is 5.02. The van der Waals surface area contributed by atoms with Gasteiger partial charge in [-0.3, -0.25) is 0 Å².